The average molecular weight is 405 g/mol. The number of likely N-dealkylation sites (tertiary alicyclic amines) is 1. The van der Waals surface area contributed by atoms with E-state index in [4.69, 9.17) is 23.8 Å². The molecular weight excluding hydrogens is 387 g/mol. The molecule has 5 nitrogen and oxygen atoms in total. The molecule has 0 saturated carbocycles. The molecule has 0 bridgehead atoms. The quantitative estimate of drug-likeness (QED) is 0.630. The Balaban J connectivity index is 1.44. The third-order valence-corrected chi connectivity index (χ3v) is 5.50. The van der Waals surface area contributed by atoms with E-state index in [0.717, 1.165) is 37.1 Å². The van der Waals surface area contributed by atoms with Gasteiger partial charge in [0.05, 0.1) is 11.0 Å². The monoisotopic (exact) mass is 404 g/mol. The standard InChI is InChI=1S/C19H18ClFN4OS/c20-12-1-4-14(5-2-12)22-19(27)24-9-7-15(8-10-24)25-17-6-3-13(21)11-16(17)23-18(25)26/h1-6,11,15H,7-10H2,(H,22,27)(H,23,26). The Hall–Kier alpha value is -2.38. The Morgan fingerprint density at radius 2 is 1.89 bits per heavy atom. The minimum atomic E-state index is -0.357. The maximum Gasteiger partial charge on any atom is 0.326 e. The van der Waals surface area contributed by atoms with Crippen molar-refractivity contribution in [2.45, 2.75) is 18.9 Å². The summed E-state index contributed by atoms with van der Waals surface area (Å²) < 4.78 is 15.1. The second kappa shape index (κ2) is 7.32. The summed E-state index contributed by atoms with van der Waals surface area (Å²) in [5, 5.41) is 4.55. The normalized spacial score (nSPS) is 15.3. The first-order valence-corrected chi connectivity index (χ1v) is 9.51. The lowest BCUT2D eigenvalue weighted by molar-refractivity contribution is 0.269. The molecule has 0 amide bonds. The molecule has 0 radical (unpaired) electrons. The highest BCUT2D eigenvalue weighted by Crippen LogP contribution is 2.26. The van der Waals surface area contributed by atoms with E-state index in [-0.39, 0.29) is 17.5 Å². The smallest absolute Gasteiger partial charge is 0.326 e. The summed E-state index contributed by atoms with van der Waals surface area (Å²) in [6.07, 6.45) is 1.57. The van der Waals surface area contributed by atoms with Crippen molar-refractivity contribution in [2.24, 2.45) is 0 Å². The van der Waals surface area contributed by atoms with E-state index in [9.17, 15) is 9.18 Å². The molecule has 27 heavy (non-hydrogen) atoms. The van der Waals surface area contributed by atoms with E-state index in [1.807, 2.05) is 24.3 Å². The number of imidazole rings is 1. The fourth-order valence-electron chi connectivity index (χ4n) is 3.53. The van der Waals surface area contributed by atoms with Crippen LogP contribution in [0.2, 0.25) is 5.02 Å². The Labute approximate surface area is 165 Å². The Kier molecular flexibility index (Phi) is 4.88. The summed E-state index contributed by atoms with van der Waals surface area (Å²) in [5.74, 6) is -0.357. The van der Waals surface area contributed by atoms with Gasteiger partial charge in [0, 0.05) is 29.8 Å². The van der Waals surface area contributed by atoms with Crippen LogP contribution < -0.4 is 11.0 Å². The fourth-order valence-corrected chi connectivity index (χ4v) is 3.96. The summed E-state index contributed by atoms with van der Waals surface area (Å²) in [4.78, 5) is 17.2. The number of H-pyrrole nitrogens is 1. The van der Waals surface area contributed by atoms with Crippen LogP contribution in [0, 0.1) is 5.82 Å². The molecular formula is C19H18ClFN4OS. The van der Waals surface area contributed by atoms with E-state index >= 15 is 0 Å². The van der Waals surface area contributed by atoms with Gasteiger partial charge in [0.25, 0.3) is 0 Å². The van der Waals surface area contributed by atoms with Crippen molar-refractivity contribution in [3.8, 4) is 0 Å². The Bertz CT molecular complexity index is 1040. The third kappa shape index (κ3) is 3.70. The van der Waals surface area contributed by atoms with Gasteiger partial charge < -0.3 is 15.2 Å². The van der Waals surface area contributed by atoms with Crippen LogP contribution in [-0.4, -0.2) is 32.7 Å². The van der Waals surface area contributed by atoms with Crippen LogP contribution in [0.15, 0.2) is 47.3 Å². The van der Waals surface area contributed by atoms with Gasteiger partial charge in [-0.15, -0.1) is 0 Å². The van der Waals surface area contributed by atoms with Gasteiger partial charge in [0.1, 0.15) is 5.82 Å². The van der Waals surface area contributed by atoms with Crippen molar-refractivity contribution in [1.29, 1.82) is 0 Å². The predicted molar refractivity (Wildman–Crippen MR) is 110 cm³/mol. The first kappa shape index (κ1) is 18.0. The van der Waals surface area contributed by atoms with E-state index in [1.54, 1.807) is 10.6 Å². The lowest BCUT2D eigenvalue weighted by Gasteiger charge is -2.34. The number of hydrogen-bond donors (Lipinski definition) is 2. The van der Waals surface area contributed by atoms with Gasteiger partial charge in [-0.3, -0.25) is 4.57 Å². The van der Waals surface area contributed by atoms with E-state index < -0.39 is 0 Å². The first-order chi connectivity index (χ1) is 13.0. The van der Waals surface area contributed by atoms with Gasteiger partial charge in [-0.1, -0.05) is 11.6 Å². The largest absolute Gasteiger partial charge is 0.349 e. The van der Waals surface area contributed by atoms with Crippen molar-refractivity contribution >= 4 is 45.7 Å². The minimum absolute atomic E-state index is 0.0614. The summed E-state index contributed by atoms with van der Waals surface area (Å²) >= 11 is 11.4. The fraction of sp³-hybridized carbons (Fsp3) is 0.263. The number of rotatable bonds is 2. The molecule has 3 aromatic rings. The van der Waals surface area contributed by atoms with Crippen LogP contribution in [0.3, 0.4) is 0 Å². The van der Waals surface area contributed by atoms with Crippen LogP contribution >= 0.6 is 23.8 Å². The van der Waals surface area contributed by atoms with Crippen molar-refractivity contribution in [3.63, 3.8) is 0 Å². The highest BCUT2D eigenvalue weighted by atomic mass is 35.5. The Morgan fingerprint density at radius 3 is 2.59 bits per heavy atom. The summed E-state index contributed by atoms with van der Waals surface area (Å²) in [5.41, 5.74) is 1.96. The van der Waals surface area contributed by atoms with Crippen molar-refractivity contribution < 1.29 is 4.39 Å². The molecule has 1 aromatic heterocycles. The third-order valence-electron chi connectivity index (χ3n) is 4.89. The molecule has 1 saturated heterocycles. The lowest BCUT2D eigenvalue weighted by atomic mass is 10.0. The molecule has 0 spiro atoms. The highest BCUT2D eigenvalue weighted by molar-refractivity contribution is 7.80. The van der Waals surface area contributed by atoms with Gasteiger partial charge >= 0.3 is 5.69 Å². The average Bonchev–Trinajstić information content (AvgIpc) is 2.98. The van der Waals surface area contributed by atoms with Gasteiger partial charge in [0.15, 0.2) is 5.11 Å². The molecule has 0 unspecified atom stereocenters. The molecule has 4 rings (SSSR count). The molecule has 2 aromatic carbocycles. The van der Waals surface area contributed by atoms with Crippen LogP contribution in [0.4, 0.5) is 10.1 Å². The predicted octanol–water partition coefficient (Wildman–Crippen LogP) is 4.16. The zero-order valence-corrected chi connectivity index (χ0v) is 16.0. The molecule has 1 aliphatic rings. The summed E-state index contributed by atoms with van der Waals surface area (Å²) in [7, 11) is 0. The number of nitrogens with zero attached hydrogens (tertiary/aromatic N) is 2. The number of benzene rings is 2. The van der Waals surface area contributed by atoms with Gasteiger partial charge in [-0.05, 0) is 67.5 Å². The second-order valence-corrected chi connectivity index (χ2v) is 7.44. The maximum absolute atomic E-state index is 13.4. The highest BCUT2D eigenvalue weighted by Gasteiger charge is 2.25. The van der Waals surface area contributed by atoms with Gasteiger partial charge in [-0.25, -0.2) is 9.18 Å². The van der Waals surface area contributed by atoms with Crippen LogP contribution in [0.1, 0.15) is 18.9 Å². The molecule has 0 aliphatic carbocycles. The molecule has 2 heterocycles. The number of thiocarbonyl (C=S) groups is 1. The van der Waals surface area contributed by atoms with Crippen molar-refractivity contribution in [2.75, 3.05) is 18.4 Å². The SMILES string of the molecule is O=c1[nH]c2cc(F)ccc2n1C1CCN(C(=S)Nc2ccc(Cl)cc2)CC1. The lowest BCUT2D eigenvalue weighted by Crippen LogP contribution is -2.42. The van der Waals surface area contributed by atoms with Gasteiger partial charge in [-0.2, -0.15) is 0 Å². The number of aromatic nitrogens is 2. The minimum Gasteiger partial charge on any atom is -0.349 e. The number of hydrogen-bond acceptors (Lipinski definition) is 2. The molecule has 140 valence electrons. The van der Waals surface area contributed by atoms with Crippen LogP contribution in [0.5, 0.6) is 0 Å². The zero-order valence-electron chi connectivity index (χ0n) is 14.4. The van der Waals surface area contributed by atoms with E-state index in [1.165, 1.54) is 12.1 Å². The molecule has 0 atom stereocenters. The maximum atomic E-state index is 13.4. The number of piperidine rings is 1. The number of nitrogens with one attached hydrogen (secondary N) is 2. The van der Waals surface area contributed by atoms with Gasteiger partial charge in [0.2, 0.25) is 0 Å². The first-order valence-electron chi connectivity index (χ1n) is 8.72. The van der Waals surface area contributed by atoms with Crippen molar-refractivity contribution in [1.82, 2.24) is 14.5 Å². The topological polar surface area (TPSA) is 53.1 Å². The number of aromatic amines is 1. The number of fused-ring (bicyclic) bond motifs is 1. The second-order valence-electron chi connectivity index (χ2n) is 6.62. The number of anilines is 1. The molecule has 2 N–H and O–H groups in total. The Morgan fingerprint density at radius 1 is 1.19 bits per heavy atom. The van der Waals surface area contributed by atoms with Crippen molar-refractivity contribution in [3.05, 3.63) is 63.8 Å². The summed E-state index contributed by atoms with van der Waals surface area (Å²) in [6.45, 7) is 1.48. The molecule has 8 heteroatoms. The zero-order chi connectivity index (χ0) is 19.0. The molecule has 1 aliphatic heterocycles. The van der Waals surface area contributed by atoms with E-state index in [2.05, 4.69) is 15.2 Å². The number of halogens is 2. The summed E-state index contributed by atoms with van der Waals surface area (Å²) in [6, 6.07) is 11.8. The van der Waals surface area contributed by atoms with Crippen LogP contribution in [0.25, 0.3) is 11.0 Å². The van der Waals surface area contributed by atoms with E-state index in [0.29, 0.717) is 15.7 Å². The molecule has 1 fully saturated rings. The van der Waals surface area contributed by atoms with Crippen LogP contribution in [-0.2, 0) is 0 Å².